The molecular formula is C10H14ClN3O2S3. The number of thiophene rings is 1. The van der Waals surface area contributed by atoms with E-state index in [9.17, 15) is 8.42 Å². The van der Waals surface area contributed by atoms with Crippen LogP contribution in [0.25, 0.3) is 10.6 Å². The zero-order chi connectivity index (χ0) is 13.2. The number of hydrogen-bond acceptors (Lipinski definition) is 6. The molecule has 0 spiro atoms. The maximum absolute atomic E-state index is 11.9. The molecule has 19 heavy (non-hydrogen) atoms. The molecule has 2 aromatic heterocycles. The Kier molecular flexibility index (Phi) is 5.90. The van der Waals surface area contributed by atoms with Gasteiger partial charge in [-0.05, 0) is 19.1 Å². The van der Waals surface area contributed by atoms with Gasteiger partial charge in [0.2, 0.25) is 10.0 Å². The van der Waals surface area contributed by atoms with Gasteiger partial charge in [-0.1, -0.05) is 0 Å². The van der Waals surface area contributed by atoms with Gasteiger partial charge < -0.3 is 5.73 Å². The number of thiazole rings is 1. The van der Waals surface area contributed by atoms with E-state index < -0.39 is 10.0 Å². The third-order valence-corrected chi connectivity index (χ3v) is 5.99. The van der Waals surface area contributed by atoms with Crippen LogP contribution < -0.4 is 10.5 Å². The van der Waals surface area contributed by atoms with E-state index >= 15 is 0 Å². The average Bonchev–Trinajstić information content (AvgIpc) is 2.94. The van der Waals surface area contributed by atoms with Gasteiger partial charge in [0.25, 0.3) is 0 Å². The molecule has 0 fully saturated rings. The van der Waals surface area contributed by atoms with Crippen molar-refractivity contribution in [2.45, 2.75) is 11.1 Å². The molecule has 5 nitrogen and oxygen atoms in total. The van der Waals surface area contributed by atoms with Crippen LogP contribution in [0.1, 0.15) is 5.01 Å². The Morgan fingerprint density at radius 1 is 1.42 bits per heavy atom. The highest BCUT2D eigenvalue weighted by Crippen LogP contribution is 2.31. The zero-order valence-electron chi connectivity index (χ0n) is 10.1. The van der Waals surface area contributed by atoms with Crippen LogP contribution in [-0.2, 0) is 10.0 Å². The summed E-state index contributed by atoms with van der Waals surface area (Å²) in [4.78, 5) is 5.19. The van der Waals surface area contributed by atoms with Crippen molar-refractivity contribution < 1.29 is 8.42 Å². The third-order valence-electron chi connectivity index (χ3n) is 2.15. The number of nitrogens with one attached hydrogen (secondary N) is 1. The minimum Gasteiger partial charge on any atom is -0.329 e. The van der Waals surface area contributed by atoms with E-state index in [1.54, 1.807) is 23.5 Å². The molecule has 2 aromatic rings. The Hall–Kier alpha value is -0.510. The fourth-order valence-electron chi connectivity index (χ4n) is 1.34. The van der Waals surface area contributed by atoms with Gasteiger partial charge in [0.15, 0.2) is 0 Å². The number of aryl methyl sites for hydroxylation is 1. The summed E-state index contributed by atoms with van der Waals surface area (Å²) in [6, 6.07) is 3.36. The van der Waals surface area contributed by atoms with Gasteiger partial charge in [0.05, 0.1) is 15.6 Å². The first-order valence-corrected chi connectivity index (χ1v) is 8.43. The third kappa shape index (κ3) is 3.98. The molecule has 2 heterocycles. The quantitative estimate of drug-likeness (QED) is 0.870. The van der Waals surface area contributed by atoms with Crippen molar-refractivity contribution in [3.63, 3.8) is 0 Å². The van der Waals surface area contributed by atoms with E-state index in [4.69, 9.17) is 5.73 Å². The van der Waals surface area contributed by atoms with Crippen molar-refractivity contribution in [2.24, 2.45) is 5.73 Å². The van der Waals surface area contributed by atoms with Crippen LogP contribution in [0.5, 0.6) is 0 Å². The van der Waals surface area contributed by atoms with Crippen molar-refractivity contribution in [1.29, 1.82) is 0 Å². The van der Waals surface area contributed by atoms with E-state index in [2.05, 4.69) is 9.71 Å². The second kappa shape index (κ2) is 6.78. The summed E-state index contributed by atoms with van der Waals surface area (Å²) in [6.07, 6.45) is 0. The van der Waals surface area contributed by atoms with E-state index in [-0.39, 0.29) is 29.7 Å². The molecule has 0 atom stereocenters. The summed E-state index contributed by atoms with van der Waals surface area (Å²) in [5.41, 5.74) is 6.10. The van der Waals surface area contributed by atoms with Gasteiger partial charge in [-0.25, -0.2) is 18.1 Å². The number of nitrogens with zero attached hydrogens (tertiary/aromatic N) is 1. The van der Waals surface area contributed by atoms with Crippen LogP contribution in [0.3, 0.4) is 0 Å². The van der Waals surface area contributed by atoms with Crippen LogP contribution >= 0.6 is 35.1 Å². The van der Waals surface area contributed by atoms with Gasteiger partial charge in [0.1, 0.15) is 4.21 Å². The zero-order valence-corrected chi connectivity index (χ0v) is 13.4. The van der Waals surface area contributed by atoms with E-state index in [0.29, 0.717) is 0 Å². The van der Waals surface area contributed by atoms with Crippen molar-refractivity contribution >= 4 is 45.1 Å². The molecule has 0 aliphatic heterocycles. The summed E-state index contributed by atoms with van der Waals surface area (Å²) in [5.74, 6) is 0. The Morgan fingerprint density at radius 2 is 2.16 bits per heavy atom. The van der Waals surface area contributed by atoms with Gasteiger partial charge in [0, 0.05) is 18.5 Å². The summed E-state index contributed by atoms with van der Waals surface area (Å²) < 4.78 is 26.5. The lowest BCUT2D eigenvalue weighted by atomic mass is 10.4. The van der Waals surface area contributed by atoms with Crippen molar-refractivity contribution in [3.05, 3.63) is 22.5 Å². The monoisotopic (exact) mass is 339 g/mol. The number of aromatic nitrogens is 1. The highest BCUT2D eigenvalue weighted by molar-refractivity contribution is 7.91. The second-order valence-corrected chi connectivity index (χ2v) is 7.70. The smallest absolute Gasteiger partial charge is 0.250 e. The fourth-order valence-corrected chi connectivity index (χ4v) is 4.39. The number of nitrogens with two attached hydrogens (primary N) is 1. The SMILES string of the molecule is Cc1nc(-c2ccc(S(=O)(=O)NCCN)s2)cs1.Cl. The Balaban J connectivity index is 0.00000180. The van der Waals surface area contributed by atoms with Crippen LogP contribution in [0.2, 0.25) is 0 Å². The summed E-state index contributed by atoms with van der Waals surface area (Å²) in [7, 11) is -3.44. The predicted octanol–water partition coefficient (Wildman–Crippen LogP) is 1.84. The lowest BCUT2D eigenvalue weighted by Gasteiger charge is -2.01. The molecule has 0 aliphatic carbocycles. The first kappa shape index (κ1) is 16.5. The Morgan fingerprint density at radius 3 is 2.74 bits per heavy atom. The largest absolute Gasteiger partial charge is 0.329 e. The van der Waals surface area contributed by atoms with Crippen LogP contribution in [0.15, 0.2) is 21.7 Å². The van der Waals surface area contributed by atoms with Gasteiger partial charge in [-0.2, -0.15) is 0 Å². The molecule has 9 heteroatoms. The van der Waals surface area contributed by atoms with Crippen molar-refractivity contribution in [1.82, 2.24) is 9.71 Å². The lowest BCUT2D eigenvalue weighted by Crippen LogP contribution is -2.28. The predicted molar refractivity (Wildman–Crippen MR) is 81.7 cm³/mol. The van der Waals surface area contributed by atoms with Crippen LogP contribution in [0.4, 0.5) is 0 Å². The van der Waals surface area contributed by atoms with Gasteiger partial charge in [-0.3, -0.25) is 0 Å². The number of halogens is 1. The summed E-state index contributed by atoms with van der Waals surface area (Å²) >= 11 is 2.75. The number of sulfonamides is 1. The maximum Gasteiger partial charge on any atom is 0.250 e. The highest BCUT2D eigenvalue weighted by atomic mass is 35.5. The van der Waals surface area contributed by atoms with Gasteiger partial charge >= 0.3 is 0 Å². The van der Waals surface area contributed by atoms with E-state index in [1.165, 1.54) is 11.3 Å². The molecular weight excluding hydrogens is 326 g/mol. The Labute approximate surface area is 126 Å². The summed E-state index contributed by atoms with van der Waals surface area (Å²) in [6.45, 7) is 2.44. The standard InChI is InChI=1S/C10H13N3O2S3.ClH/c1-7-13-8(6-16-7)9-2-3-10(17-9)18(14,15)12-5-4-11;/h2-3,6,12H,4-5,11H2,1H3;1H. The molecule has 0 saturated carbocycles. The van der Waals surface area contributed by atoms with Gasteiger partial charge in [-0.15, -0.1) is 35.1 Å². The molecule has 0 aliphatic rings. The molecule has 0 radical (unpaired) electrons. The van der Waals surface area contributed by atoms with Crippen LogP contribution in [0, 0.1) is 6.92 Å². The molecule has 0 aromatic carbocycles. The molecule has 0 unspecified atom stereocenters. The molecule has 0 amide bonds. The second-order valence-electron chi connectivity index (χ2n) is 3.56. The van der Waals surface area contributed by atoms with E-state index in [0.717, 1.165) is 15.6 Å². The number of rotatable bonds is 5. The minimum atomic E-state index is -3.44. The fraction of sp³-hybridized carbons (Fsp3) is 0.300. The topological polar surface area (TPSA) is 85.1 Å². The first-order chi connectivity index (χ1) is 8.53. The molecule has 106 valence electrons. The minimum absolute atomic E-state index is 0. The maximum atomic E-state index is 11.9. The normalized spacial score (nSPS) is 11.3. The molecule has 0 saturated heterocycles. The number of hydrogen-bond donors (Lipinski definition) is 2. The summed E-state index contributed by atoms with van der Waals surface area (Å²) in [5, 5.41) is 2.88. The van der Waals surface area contributed by atoms with Crippen molar-refractivity contribution in [3.8, 4) is 10.6 Å². The molecule has 2 rings (SSSR count). The van der Waals surface area contributed by atoms with Crippen molar-refractivity contribution in [2.75, 3.05) is 13.1 Å². The molecule has 3 N–H and O–H groups in total. The Bertz CT molecular complexity index is 636. The highest BCUT2D eigenvalue weighted by Gasteiger charge is 2.17. The average molecular weight is 340 g/mol. The van der Waals surface area contributed by atoms with Crippen LogP contribution in [-0.4, -0.2) is 26.5 Å². The lowest BCUT2D eigenvalue weighted by molar-refractivity contribution is 0.584. The molecule has 0 bridgehead atoms. The van der Waals surface area contributed by atoms with E-state index in [1.807, 2.05) is 12.3 Å². The first-order valence-electron chi connectivity index (χ1n) is 5.25.